The van der Waals surface area contributed by atoms with Crippen LogP contribution in [0.1, 0.15) is 23.1 Å². The molecule has 0 unspecified atom stereocenters. The molecule has 2 heterocycles. The van der Waals surface area contributed by atoms with E-state index in [0.717, 1.165) is 0 Å². The van der Waals surface area contributed by atoms with E-state index in [9.17, 15) is 9.59 Å². The summed E-state index contributed by atoms with van der Waals surface area (Å²) in [4.78, 5) is 27.8. The first-order chi connectivity index (χ1) is 8.13. The van der Waals surface area contributed by atoms with Crippen molar-refractivity contribution >= 4 is 12.1 Å². The highest BCUT2D eigenvalue weighted by Crippen LogP contribution is 2.16. The number of amides is 1. The predicted octanol–water partition coefficient (Wildman–Crippen LogP) is 0.553. The molecule has 0 aromatic carbocycles. The lowest BCUT2D eigenvalue weighted by Crippen LogP contribution is -2.38. The molecular weight excluding hydrogens is 226 g/mol. The molecule has 2 rings (SSSR count). The molecule has 7 heteroatoms. The zero-order valence-corrected chi connectivity index (χ0v) is 9.42. The number of rotatable bonds is 2. The zero-order valence-electron chi connectivity index (χ0n) is 9.42. The molecular formula is C10H13N3O4. The predicted molar refractivity (Wildman–Crippen MR) is 56.6 cm³/mol. The van der Waals surface area contributed by atoms with E-state index in [2.05, 4.69) is 4.98 Å². The summed E-state index contributed by atoms with van der Waals surface area (Å²) in [5.74, 6) is -1.08. The second-order valence-electron chi connectivity index (χ2n) is 3.66. The highest BCUT2D eigenvalue weighted by molar-refractivity contribution is 5.86. The molecule has 0 fully saturated rings. The van der Waals surface area contributed by atoms with Gasteiger partial charge in [0.1, 0.15) is 0 Å². The van der Waals surface area contributed by atoms with E-state index in [1.54, 1.807) is 11.5 Å². The lowest BCUT2D eigenvalue weighted by atomic mass is 10.2. The minimum absolute atomic E-state index is 0.000927. The van der Waals surface area contributed by atoms with Crippen molar-refractivity contribution in [3.05, 3.63) is 17.7 Å². The Morgan fingerprint density at radius 1 is 1.53 bits per heavy atom. The molecule has 1 aromatic rings. The maximum atomic E-state index is 11.5. The Morgan fingerprint density at radius 2 is 2.29 bits per heavy atom. The molecule has 0 saturated heterocycles. The van der Waals surface area contributed by atoms with E-state index in [-0.39, 0.29) is 12.2 Å². The Kier molecular flexibility index (Phi) is 2.99. The van der Waals surface area contributed by atoms with Gasteiger partial charge in [-0.1, -0.05) is 0 Å². The third kappa shape index (κ3) is 2.08. The monoisotopic (exact) mass is 239 g/mol. The Labute approximate surface area is 97.6 Å². The first kappa shape index (κ1) is 11.4. The number of ether oxygens (including phenoxy) is 1. The van der Waals surface area contributed by atoms with Crippen molar-refractivity contribution in [2.45, 2.75) is 20.0 Å². The minimum atomic E-state index is -1.08. The number of carboxylic acids is 1. The van der Waals surface area contributed by atoms with E-state index in [0.29, 0.717) is 25.4 Å². The maximum Gasteiger partial charge on any atom is 0.410 e. The lowest BCUT2D eigenvalue weighted by Gasteiger charge is -2.27. The van der Waals surface area contributed by atoms with Crippen LogP contribution in [-0.2, 0) is 17.8 Å². The molecule has 1 aliphatic rings. The smallest absolute Gasteiger partial charge is 0.410 e. The molecule has 1 aliphatic heterocycles. The van der Waals surface area contributed by atoms with Crippen LogP contribution >= 0.6 is 0 Å². The number of carbonyl (C=O) groups is 2. The number of aromatic nitrogens is 2. The fraction of sp³-hybridized carbons (Fsp3) is 0.500. The third-order valence-corrected chi connectivity index (χ3v) is 2.63. The molecule has 17 heavy (non-hydrogen) atoms. The van der Waals surface area contributed by atoms with E-state index in [1.165, 1.54) is 11.2 Å². The Morgan fingerprint density at radius 3 is 2.94 bits per heavy atom. The molecule has 0 radical (unpaired) electrons. The average Bonchev–Trinajstić information content (AvgIpc) is 2.71. The van der Waals surface area contributed by atoms with Crippen molar-refractivity contribution in [1.29, 1.82) is 0 Å². The van der Waals surface area contributed by atoms with Crippen molar-refractivity contribution in [2.24, 2.45) is 0 Å². The lowest BCUT2D eigenvalue weighted by molar-refractivity contribution is 0.0682. The number of carboxylic acid groups (broad SMARTS) is 1. The normalized spacial score (nSPS) is 14.3. The summed E-state index contributed by atoms with van der Waals surface area (Å²) >= 11 is 0. The van der Waals surface area contributed by atoms with E-state index >= 15 is 0 Å². The number of hydrogen-bond donors (Lipinski definition) is 1. The topological polar surface area (TPSA) is 84.7 Å². The Bertz CT molecular complexity index is 454. The fourth-order valence-electron chi connectivity index (χ4n) is 1.80. The van der Waals surface area contributed by atoms with Crippen molar-refractivity contribution in [2.75, 3.05) is 13.2 Å². The van der Waals surface area contributed by atoms with Crippen LogP contribution in [0.3, 0.4) is 0 Å². The summed E-state index contributed by atoms with van der Waals surface area (Å²) in [6, 6.07) is 0. The molecule has 0 saturated carbocycles. The number of hydrogen-bond acceptors (Lipinski definition) is 4. The van der Waals surface area contributed by atoms with Crippen molar-refractivity contribution in [3.63, 3.8) is 0 Å². The third-order valence-electron chi connectivity index (χ3n) is 2.63. The first-order valence-electron chi connectivity index (χ1n) is 5.32. The average molecular weight is 239 g/mol. The van der Waals surface area contributed by atoms with Gasteiger partial charge in [0.15, 0.2) is 5.69 Å². The zero-order chi connectivity index (χ0) is 12.4. The molecule has 1 aromatic heterocycles. The molecule has 0 atom stereocenters. The summed E-state index contributed by atoms with van der Waals surface area (Å²) in [6.45, 7) is 3.30. The van der Waals surface area contributed by atoms with Crippen LogP contribution in [0, 0.1) is 0 Å². The molecule has 7 nitrogen and oxygen atoms in total. The number of imidazole rings is 1. The van der Waals surface area contributed by atoms with Gasteiger partial charge in [0.05, 0.1) is 25.2 Å². The van der Waals surface area contributed by atoms with Crippen LogP contribution in [0.4, 0.5) is 4.79 Å². The molecule has 1 amide bonds. The molecule has 0 spiro atoms. The van der Waals surface area contributed by atoms with Gasteiger partial charge in [0.2, 0.25) is 0 Å². The Hall–Kier alpha value is -2.05. The summed E-state index contributed by atoms with van der Waals surface area (Å²) in [5, 5.41) is 8.95. The largest absolute Gasteiger partial charge is 0.476 e. The van der Waals surface area contributed by atoms with E-state index < -0.39 is 12.1 Å². The summed E-state index contributed by atoms with van der Waals surface area (Å²) < 4.78 is 6.63. The first-order valence-corrected chi connectivity index (χ1v) is 5.32. The number of carbonyl (C=O) groups excluding carboxylic acids is 1. The molecule has 1 N–H and O–H groups in total. The van der Waals surface area contributed by atoms with Gasteiger partial charge in [-0.25, -0.2) is 14.6 Å². The molecule has 0 bridgehead atoms. The van der Waals surface area contributed by atoms with Gasteiger partial charge in [-0.05, 0) is 6.92 Å². The van der Waals surface area contributed by atoms with Gasteiger partial charge >= 0.3 is 12.1 Å². The molecule has 92 valence electrons. The van der Waals surface area contributed by atoms with Gasteiger partial charge in [0, 0.05) is 13.1 Å². The summed E-state index contributed by atoms with van der Waals surface area (Å²) in [7, 11) is 0. The van der Waals surface area contributed by atoms with Crippen molar-refractivity contribution < 1.29 is 19.4 Å². The van der Waals surface area contributed by atoms with Gasteiger partial charge < -0.3 is 19.3 Å². The van der Waals surface area contributed by atoms with Gasteiger partial charge in [0.25, 0.3) is 0 Å². The number of aromatic carboxylic acids is 1. The maximum absolute atomic E-state index is 11.5. The fourth-order valence-corrected chi connectivity index (χ4v) is 1.80. The molecule has 0 aliphatic carbocycles. The minimum Gasteiger partial charge on any atom is -0.476 e. The van der Waals surface area contributed by atoms with Crippen LogP contribution in [0.15, 0.2) is 6.33 Å². The quantitative estimate of drug-likeness (QED) is 0.814. The van der Waals surface area contributed by atoms with Crippen LogP contribution < -0.4 is 0 Å². The van der Waals surface area contributed by atoms with Crippen LogP contribution in [-0.4, -0.2) is 44.8 Å². The van der Waals surface area contributed by atoms with Crippen molar-refractivity contribution in [1.82, 2.24) is 14.5 Å². The van der Waals surface area contributed by atoms with Crippen LogP contribution in [0.2, 0.25) is 0 Å². The highest BCUT2D eigenvalue weighted by atomic mass is 16.6. The van der Waals surface area contributed by atoms with E-state index in [1.807, 2.05) is 0 Å². The summed E-state index contributed by atoms with van der Waals surface area (Å²) in [5.41, 5.74) is 0.538. The number of nitrogens with zero attached hydrogens (tertiary/aromatic N) is 3. The van der Waals surface area contributed by atoms with E-state index in [4.69, 9.17) is 9.84 Å². The van der Waals surface area contributed by atoms with Crippen LogP contribution in [0.5, 0.6) is 0 Å². The van der Waals surface area contributed by atoms with Crippen LogP contribution in [0.25, 0.3) is 0 Å². The Balaban J connectivity index is 2.19. The van der Waals surface area contributed by atoms with Gasteiger partial charge in [-0.15, -0.1) is 0 Å². The standard InChI is InChI=1S/C10H13N3O4/c1-2-17-10(16)12-3-4-13-6-11-8(9(14)15)7(13)5-12/h6H,2-5H2,1H3,(H,14,15). The SMILES string of the molecule is CCOC(=O)N1CCn2cnc(C(=O)O)c2C1. The summed E-state index contributed by atoms with van der Waals surface area (Å²) in [6.07, 6.45) is 1.07. The van der Waals surface area contributed by atoms with Gasteiger partial charge in [-0.3, -0.25) is 0 Å². The van der Waals surface area contributed by atoms with Crippen molar-refractivity contribution in [3.8, 4) is 0 Å². The highest BCUT2D eigenvalue weighted by Gasteiger charge is 2.26. The van der Waals surface area contributed by atoms with Gasteiger partial charge in [-0.2, -0.15) is 0 Å². The number of fused-ring (bicyclic) bond motifs is 1. The second kappa shape index (κ2) is 4.44. The second-order valence-corrected chi connectivity index (χ2v) is 3.66.